The highest BCUT2D eigenvalue weighted by Gasteiger charge is 2.22. The Bertz CT molecular complexity index is 1310. The van der Waals surface area contributed by atoms with E-state index in [-0.39, 0.29) is 9.92 Å². The van der Waals surface area contributed by atoms with Crippen LogP contribution in [0.4, 0.5) is 15.8 Å². The quantitative estimate of drug-likeness (QED) is 0.516. The summed E-state index contributed by atoms with van der Waals surface area (Å²) in [6.45, 7) is 2.55. The second kappa shape index (κ2) is 8.72. The Labute approximate surface area is 191 Å². The first kappa shape index (κ1) is 22.0. The second-order valence-corrected chi connectivity index (χ2v) is 9.29. The molecule has 32 heavy (non-hydrogen) atoms. The molecule has 0 amide bonds. The summed E-state index contributed by atoms with van der Waals surface area (Å²) in [7, 11) is -2.45. The van der Waals surface area contributed by atoms with Crippen LogP contribution in [0.15, 0.2) is 77.5 Å². The van der Waals surface area contributed by atoms with Gasteiger partial charge in [-0.05, 0) is 43.3 Å². The highest BCUT2D eigenvalue weighted by Crippen LogP contribution is 2.36. The first-order valence-electron chi connectivity index (χ1n) is 9.73. The van der Waals surface area contributed by atoms with Gasteiger partial charge in [0.25, 0.3) is 10.0 Å². The molecule has 1 aliphatic heterocycles. The minimum Gasteiger partial charge on any atom is -0.494 e. The van der Waals surface area contributed by atoms with Crippen LogP contribution in [0.2, 0.25) is 5.02 Å². The number of nitrogens with one attached hydrogen (secondary N) is 2. The SMILES string of the molecule is COc1cc(NS(=O)(=O)c2ccccc2-c2ccc(F)cc2Cl)ccc1N1C=C(C)NC1. The summed E-state index contributed by atoms with van der Waals surface area (Å²) in [4.78, 5) is 2.00. The molecule has 0 bridgehead atoms. The van der Waals surface area contributed by atoms with E-state index in [1.54, 1.807) is 36.4 Å². The average molecular weight is 474 g/mol. The highest BCUT2D eigenvalue weighted by atomic mass is 35.5. The third-order valence-electron chi connectivity index (χ3n) is 5.02. The Hall–Kier alpha value is -3.23. The lowest BCUT2D eigenvalue weighted by Crippen LogP contribution is -2.21. The monoisotopic (exact) mass is 473 g/mol. The molecule has 1 heterocycles. The Balaban J connectivity index is 1.69. The summed E-state index contributed by atoms with van der Waals surface area (Å²) in [6.07, 6.45) is 1.95. The third kappa shape index (κ3) is 4.37. The van der Waals surface area contributed by atoms with Gasteiger partial charge in [-0.1, -0.05) is 29.8 Å². The molecule has 0 fully saturated rings. The van der Waals surface area contributed by atoms with Crippen molar-refractivity contribution < 1.29 is 17.5 Å². The van der Waals surface area contributed by atoms with E-state index in [1.807, 2.05) is 18.0 Å². The van der Waals surface area contributed by atoms with Crippen molar-refractivity contribution in [2.45, 2.75) is 11.8 Å². The molecule has 3 aromatic rings. The molecule has 0 aliphatic carbocycles. The number of ether oxygens (including phenoxy) is 1. The molecule has 0 radical (unpaired) electrons. The average Bonchev–Trinajstić information content (AvgIpc) is 3.19. The first-order chi connectivity index (χ1) is 15.3. The number of halogens is 2. The number of hydrogen-bond donors (Lipinski definition) is 2. The number of benzene rings is 3. The molecular formula is C23H21ClFN3O3S. The molecule has 3 aromatic carbocycles. The van der Waals surface area contributed by atoms with E-state index in [0.717, 1.165) is 17.5 Å². The van der Waals surface area contributed by atoms with Gasteiger partial charge in [-0.25, -0.2) is 12.8 Å². The summed E-state index contributed by atoms with van der Waals surface area (Å²) < 4.78 is 48.1. The summed E-state index contributed by atoms with van der Waals surface area (Å²) in [5, 5.41) is 3.34. The van der Waals surface area contributed by atoms with Crippen LogP contribution in [0, 0.1) is 5.82 Å². The molecule has 2 N–H and O–H groups in total. The van der Waals surface area contributed by atoms with E-state index in [4.69, 9.17) is 16.3 Å². The Morgan fingerprint density at radius 2 is 1.88 bits per heavy atom. The van der Waals surface area contributed by atoms with Gasteiger partial charge in [-0.3, -0.25) is 4.72 Å². The fourth-order valence-electron chi connectivity index (χ4n) is 3.51. The van der Waals surface area contributed by atoms with Gasteiger partial charge in [0.05, 0.1) is 35.1 Å². The summed E-state index contributed by atoms with van der Waals surface area (Å²) in [5.41, 5.74) is 2.97. The molecule has 0 saturated carbocycles. The summed E-state index contributed by atoms with van der Waals surface area (Å²) in [6, 6.07) is 15.4. The van der Waals surface area contributed by atoms with Crippen LogP contribution in [0.1, 0.15) is 6.92 Å². The van der Waals surface area contributed by atoms with Crippen molar-refractivity contribution in [3.05, 3.63) is 83.4 Å². The van der Waals surface area contributed by atoms with Crippen molar-refractivity contribution in [3.63, 3.8) is 0 Å². The maximum atomic E-state index is 13.5. The van der Waals surface area contributed by atoms with Crippen LogP contribution in [0.3, 0.4) is 0 Å². The van der Waals surface area contributed by atoms with Crippen LogP contribution in [0.25, 0.3) is 11.1 Å². The van der Waals surface area contributed by atoms with Crippen molar-refractivity contribution in [1.29, 1.82) is 0 Å². The Morgan fingerprint density at radius 1 is 1.09 bits per heavy atom. The second-order valence-electron chi connectivity index (χ2n) is 7.23. The minimum absolute atomic E-state index is 0.0267. The lowest BCUT2D eigenvalue weighted by molar-refractivity contribution is 0.415. The molecule has 9 heteroatoms. The molecule has 1 aliphatic rings. The van der Waals surface area contributed by atoms with Gasteiger partial charge < -0.3 is 15.0 Å². The maximum Gasteiger partial charge on any atom is 0.262 e. The smallest absolute Gasteiger partial charge is 0.262 e. The van der Waals surface area contributed by atoms with E-state index >= 15 is 0 Å². The van der Waals surface area contributed by atoms with Gasteiger partial charge in [0.15, 0.2) is 0 Å². The van der Waals surface area contributed by atoms with E-state index in [1.165, 1.54) is 25.3 Å². The minimum atomic E-state index is -3.98. The number of sulfonamides is 1. The van der Waals surface area contributed by atoms with Crippen LogP contribution < -0.4 is 19.7 Å². The van der Waals surface area contributed by atoms with Crippen LogP contribution in [0.5, 0.6) is 5.75 Å². The molecular weight excluding hydrogens is 453 g/mol. The van der Waals surface area contributed by atoms with E-state index in [9.17, 15) is 12.8 Å². The molecule has 0 spiro atoms. The fraction of sp³-hybridized carbons (Fsp3) is 0.130. The highest BCUT2D eigenvalue weighted by molar-refractivity contribution is 7.92. The van der Waals surface area contributed by atoms with E-state index in [0.29, 0.717) is 29.2 Å². The van der Waals surface area contributed by atoms with Gasteiger partial charge in [-0.2, -0.15) is 0 Å². The number of hydrogen-bond acceptors (Lipinski definition) is 5. The molecule has 166 valence electrons. The third-order valence-corrected chi connectivity index (χ3v) is 6.77. The van der Waals surface area contributed by atoms with Crippen molar-refractivity contribution in [2.75, 3.05) is 23.4 Å². The fourth-order valence-corrected chi connectivity index (χ4v) is 5.05. The predicted molar refractivity (Wildman–Crippen MR) is 125 cm³/mol. The van der Waals surface area contributed by atoms with Crippen LogP contribution in [-0.4, -0.2) is 22.2 Å². The van der Waals surface area contributed by atoms with Crippen LogP contribution >= 0.6 is 11.6 Å². The van der Waals surface area contributed by atoms with Crippen molar-refractivity contribution >= 4 is 33.0 Å². The number of nitrogens with zero attached hydrogens (tertiary/aromatic N) is 1. The van der Waals surface area contributed by atoms with Crippen LogP contribution in [-0.2, 0) is 10.0 Å². The maximum absolute atomic E-state index is 13.5. The summed E-state index contributed by atoms with van der Waals surface area (Å²) >= 11 is 6.19. The molecule has 4 rings (SSSR count). The molecule has 0 unspecified atom stereocenters. The van der Waals surface area contributed by atoms with Crippen molar-refractivity contribution in [1.82, 2.24) is 5.32 Å². The number of allylic oxidation sites excluding steroid dienone is 1. The standard InChI is InChI=1S/C23H21ClFN3O3S/c1-15-13-28(14-26-15)21-10-8-17(12-22(21)31-2)27-32(29,30)23-6-4-3-5-19(23)18-9-7-16(25)11-20(18)24/h3-13,26-27H,14H2,1-2H3. The Morgan fingerprint density at radius 3 is 2.56 bits per heavy atom. The molecule has 0 atom stereocenters. The lowest BCUT2D eigenvalue weighted by atomic mass is 10.1. The van der Waals surface area contributed by atoms with Gasteiger partial charge in [0, 0.05) is 29.1 Å². The van der Waals surface area contributed by atoms with Gasteiger partial charge in [0.2, 0.25) is 0 Å². The summed E-state index contributed by atoms with van der Waals surface area (Å²) in [5.74, 6) is 0.0236. The van der Waals surface area contributed by atoms with Gasteiger partial charge >= 0.3 is 0 Å². The number of anilines is 2. The number of rotatable bonds is 6. The normalized spacial score (nSPS) is 13.5. The van der Waals surface area contributed by atoms with E-state index in [2.05, 4.69) is 10.0 Å². The number of methoxy groups -OCH3 is 1. The van der Waals surface area contributed by atoms with Crippen molar-refractivity contribution in [3.8, 4) is 16.9 Å². The topological polar surface area (TPSA) is 70.7 Å². The zero-order valence-electron chi connectivity index (χ0n) is 17.4. The molecule has 0 aromatic heterocycles. The van der Waals surface area contributed by atoms with Crippen molar-refractivity contribution in [2.24, 2.45) is 0 Å². The molecule has 0 saturated heterocycles. The lowest BCUT2D eigenvalue weighted by Gasteiger charge is -2.19. The van der Waals surface area contributed by atoms with E-state index < -0.39 is 15.8 Å². The Kier molecular flexibility index (Phi) is 5.99. The zero-order chi connectivity index (χ0) is 22.9. The molecule has 6 nitrogen and oxygen atoms in total. The predicted octanol–water partition coefficient (Wildman–Crippen LogP) is 5.18. The zero-order valence-corrected chi connectivity index (χ0v) is 19.0. The largest absolute Gasteiger partial charge is 0.494 e. The van der Waals surface area contributed by atoms with Gasteiger partial charge in [0.1, 0.15) is 11.6 Å². The first-order valence-corrected chi connectivity index (χ1v) is 11.6. The van der Waals surface area contributed by atoms with Gasteiger partial charge in [-0.15, -0.1) is 0 Å².